The van der Waals surface area contributed by atoms with Gasteiger partial charge in [0.25, 0.3) is 5.91 Å². The predicted molar refractivity (Wildman–Crippen MR) is 111 cm³/mol. The Morgan fingerprint density at radius 3 is 2.48 bits per heavy atom. The van der Waals surface area contributed by atoms with Crippen LogP contribution in [0.25, 0.3) is 11.4 Å². The van der Waals surface area contributed by atoms with Crippen LogP contribution >= 0.6 is 0 Å². The van der Waals surface area contributed by atoms with Crippen molar-refractivity contribution in [3.05, 3.63) is 66.1 Å². The van der Waals surface area contributed by atoms with Crippen molar-refractivity contribution < 1.29 is 9.32 Å². The van der Waals surface area contributed by atoms with Crippen LogP contribution in [0.2, 0.25) is 0 Å². The van der Waals surface area contributed by atoms with Gasteiger partial charge in [-0.05, 0) is 37.1 Å². The van der Waals surface area contributed by atoms with Crippen LogP contribution in [0.4, 0.5) is 5.69 Å². The summed E-state index contributed by atoms with van der Waals surface area (Å²) < 4.78 is 5.43. The largest absolute Gasteiger partial charge is 0.368 e. The maximum absolute atomic E-state index is 13.0. The SMILES string of the molecule is O=C(c1cccc(-c2noc(C3CCC3)n2)c1)N1CCN(c2ccccc2)CC1. The Morgan fingerprint density at radius 1 is 0.966 bits per heavy atom. The van der Waals surface area contributed by atoms with E-state index >= 15 is 0 Å². The number of carbonyl (C=O) groups is 1. The number of benzene rings is 2. The van der Waals surface area contributed by atoms with Gasteiger partial charge in [-0.1, -0.05) is 41.9 Å². The first kappa shape index (κ1) is 17.9. The quantitative estimate of drug-likeness (QED) is 0.677. The number of carbonyl (C=O) groups excluding carboxylic acids is 1. The number of hydrogen-bond donors (Lipinski definition) is 0. The number of para-hydroxylation sites is 1. The molecule has 0 spiro atoms. The van der Waals surface area contributed by atoms with Crippen molar-refractivity contribution in [1.29, 1.82) is 0 Å². The van der Waals surface area contributed by atoms with E-state index in [-0.39, 0.29) is 5.91 Å². The van der Waals surface area contributed by atoms with E-state index in [0.29, 0.717) is 30.4 Å². The Labute approximate surface area is 170 Å². The van der Waals surface area contributed by atoms with E-state index in [0.717, 1.165) is 37.4 Å². The molecule has 1 aliphatic heterocycles. The third kappa shape index (κ3) is 3.62. The van der Waals surface area contributed by atoms with Gasteiger partial charge in [0.2, 0.25) is 11.7 Å². The second-order valence-corrected chi connectivity index (χ2v) is 7.78. The number of rotatable bonds is 4. The lowest BCUT2D eigenvalue weighted by Crippen LogP contribution is -2.48. The highest BCUT2D eigenvalue weighted by Crippen LogP contribution is 2.36. The molecule has 29 heavy (non-hydrogen) atoms. The van der Waals surface area contributed by atoms with Gasteiger partial charge < -0.3 is 14.3 Å². The van der Waals surface area contributed by atoms with Gasteiger partial charge in [0, 0.05) is 48.9 Å². The molecule has 2 aromatic carbocycles. The van der Waals surface area contributed by atoms with E-state index < -0.39 is 0 Å². The van der Waals surface area contributed by atoms with Gasteiger partial charge in [-0.2, -0.15) is 4.98 Å². The molecule has 1 aromatic heterocycles. The standard InChI is InChI=1S/C23H24N4O2/c28-23(27-14-12-26(13-15-27)20-10-2-1-3-11-20)19-9-5-8-18(16-19)21-24-22(29-25-21)17-6-4-7-17/h1-3,5,8-11,16-17H,4,6-7,12-15H2. The highest BCUT2D eigenvalue weighted by molar-refractivity contribution is 5.95. The number of piperazine rings is 1. The second-order valence-electron chi connectivity index (χ2n) is 7.78. The Hall–Kier alpha value is -3.15. The summed E-state index contributed by atoms with van der Waals surface area (Å²) in [4.78, 5) is 21.8. The lowest BCUT2D eigenvalue weighted by molar-refractivity contribution is 0.0747. The molecule has 2 aliphatic rings. The smallest absolute Gasteiger partial charge is 0.253 e. The highest BCUT2D eigenvalue weighted by Gasteiger charge is 2.26. The summed E-state index contributed by atoms with van der Waals surface area (Å²) in [6.45, 7) is 3.11. The maximum atomic E-state index is 13.0. The molecule has 1 saturated carbocycles. The average molecular weight is 388 g/mol. The molecule has 2 heterocycles. The summed E-state index contributed by atoms with van der Waals surface area (Å²) in [6.07, 6.45) is 3.47. The van der Waals surface area contributed by atoms with E-state index in [1.807, 2.05) is 47.4 Å². The minimum Gasteiger partial charge on any atom is -0.368 e. The Balaban J connectivity index is 1.27. The van der Waals surface area contributed by atoms with Gasteiger partial charge in [0.05, 0.1) is 0 Å². The third-order valence-corrected chi connectivity index (χ3v) is 5.95. The molecule has 0 atom stereocenters. The second kappa shape index (κ2) is 7.70. The molecule has 6 nitrogen and oxygen atoms in total. The summed E-state index contributed by atoms with van der Waals surface area (Å²) in [5.41, 5.74) is 2.71. The fourth-order valence-electron chi connectivity index (χ4n) is 3.95. The first-order valence-corrected chi connectivity index (χ1v) is 10.3. The van der Waals surface area contributed by atoms with Gasteiger partial charge in [-0.3, -0.25) is 4.79 Å². The fourth-order valence-corrected chi connectivity index (χ4v) is 3.95. The number of anilines is 1. The number of nitrogens with zero attached hydrogens (tertiary/aromatic N) is 4. The summed E-state index contributed by atoms with van der Waals surface area (Å²) in [6, 6.07) is 17.9. The molecule has 0 N–H and O–H groups in total. The number of hydrogen-bond acceptors (Lipinski definition) is 5. The normalized spacial score (nSPS) is 17.2. The van der Waals surface area contributed by atoms with Crippen molar-refractivity contribution in [3.8, 4) is 11.4 Å². The molecule has 0 radical (unpaired) electrons. The summed E-state index contributed by atoms with van der Waals surface area (Å²) >= 11 is 0. The zero-order valence-corrected chi connectivity index (χ0v) is 16.3. The summed E-state index contributed by atoms with van der Waals surface area (Å²) in [5, 5.41) is 4.13. The minimum absolute atomic E-state index is 0.0577. The average Bonchev–Trinajstić information content (AvgIpc) is 3.22. The topological polar surface area (TPSA) is 62.5 Å². The fraction of sp³-hybridized carbons (Fsp3) is 0.348. The van der Waals surface area contributed by atoms with E-state index in [2.05, 4.69) is 27.2 Å². The van der Waals surface area contributed by atoms with Crippen LogP contribution in [-0.4, -0.2) is 47.1 Å². The van der Waals surface area contributed by atoms with Crippen LogP contribution in [0.1, 0.15) is 41.4 Å². The van der Waals surface area contributed by atoms with Crippen molar-refractivity contribution in [3.63, 3.8) is 0 Å². The zero-order valence-electron chi connectivity index (χ0n) is 16.3. The Bertz CT molecular complexity index is 989. The van der Waals surface area contributed by atoms with Crippen molar-refractivity contribution in [2.75, 3.05) is 31.1 Å². The monoisotopic (exact) mass is 388 g/mol. The van der Waals surface area contributed by atoms with E-state index in [4.69, 9.17) is 4.52 Å². The number of aromatic nitrogens is 2. The van der Waals surface area contributed by atoms with Gasteiger partial charge in [-0.25, -0.2) is 0 Å². The van der Waals surface area contributed by atoms with Crippen LogP contribution < -0.4 is 4.90 Å². The molecule has 148 valence electrons. The van der Waals surface area contributed by atoms with Crippen LogP contribution in [0.15, 0.2) is 59.1 Å². The van der Waals surface area contributed by atoms with Crippen molar-refractivity contribution in [2.24, 2.45) is 0 Å². The minimum atomic E-state index is 0.0577. The first-order valence-electron chi connectivity index (χ1n) is 10.3. The van der Waals surface area contributed by atoms with Gasteiger partial charge in [0.15, 0.2) is 0 Å². The molecule has 0 bridgehead atoms. The van der Waals surface area contributed by atoms with Gasteiger partial charge in [0.1, 0.15) is 0 Å². The van der Waals surface area contributed by atoms with Crippen molar-refractivity contribution in [1.82, 2.24) is 15.0 Å². The molecule has 3 aromatic rings. The number of amides is 1. The Morgan fingerprint density at radius 2 is 1.76 bits per heavy atom. The lowest BCUT2D eigenvalue weighted by atomic mass is 9.85. The summed E-state index contributed by atoms with van der Waals surface area (Å²) in [7, 11) is 0. The maximum Gasteiger partial charge on any atom is 0.253 e. The molecule has 1 amide bonds. The van der Waals surface area contributed by atoms with Crippen LogP contribution in [0, 0.1) is 0 Å². The molecule has 5 rings (SSSR count). The first-order chi connectivity index (χ1) is 14.3. The molecule has 6 heteroatoms. The molecule has 0 unspecified atom stereocenters. The molecular weight excluding hydrogens is 364 g/mol. The van der Waals surface area contributed by atoms with Crippen LogP contribution in [0.3, 0.4) is 0 Å². The van der Waals surface area contributed by atoms with Gasteiger partial charge >= 0.3 is 0 Å². The van der Waals surface area contributed by atoms with Crippen molar-refractivity contribution in [2.45, 2.75) is 25.2 Å². The predicted octanol–water partition coefficient (Wildman–Crippen LogP) is 3.97. The summed E-state index contributed by atoms with van der Waals surface area (Å²) in [5.74, 6) is 1.75. The van der Waals surface area contributed by atoms with E-state index in [1.165, 1.54) is 12.1 Å². The zero-order chi connectivity index (χ0) is 19.6. The van der Waals surface area contributed by atoms with Gasteiger partial charge in [-0.15, -0.1) is 0 Å². The molecule has 2 fully saturated rings. The van der Waals surface area contributed by atoms with Crippen LogP contribution in [0.5, 0.6) is 0 Å². The Kier molecular flexibility index (Phi) is 4.76. The van der Waals surface area contributed by atoms with E-state index in [1.54, 1.807) is 0 Å². The molecule has 1 saturated heterocycles. The molecular formula is C23H24N4O2. The highest BCUT2D eigenvalue weighted by atomic mass is 16.5. The molecule has 1 aliphatic carbocycles. The third-order valence-electron chi connectivity index (χ3n) is 5.95. The van der Waals surface area contributed by atoms with Crippen LogP contribution in [-0.2, 0) is 0 Å². The van der Waals surface area contributed by atoms with E-state index in [9.17, 15) is 4.79 Å². The lowest BCUT2D eigenvalue weighted by Gasteiger charge is -2.36. The van der Waals surface area contributed by atoms with Crippen molar-refractivity contribution >= 4 is 11.6 Å².